The Hall–Kier alpha value is -1.06. The first-order valence-electron chi connectivity index (χ1n) is 5.06. The molecule has 0 aromatic heterocycles. The normalized spacial score (nSPS) is 27.7. The molecule has 0 radical (unpaired) electrons. The van der Waals surface area contributed by atoms with Crippen molar-refractivity contribution >= 4 is 12.3 Å². The molecule has 0 aromatic rings. The Kier molecular flexibility index (Phi) is 3.49. The SMILES string of the molecule is CC(C)CC1C(=O)NC(C)CN1C=O. The molecule has 1 aliphatic rings. The fourth-order valence-electron chi connectivity index (χ4n) is 1.78. The molecule has 0 spiro atoms. The lowest BCUT2D eigenvalue weighted by molar-refractivity contribution is -0.138. The largest absolute Gasteiger partial charge is 0.350 e. The molecular weight excluding hydrogens is 180 g/mol. The van der Waals surface area contributed by atoms with E-state index < -0.39 is 0 Å². The Morgan fingerprint density at radius 3 is 2.79 bits per heavy atom. The van der Waals surface area contributed by atoms with Gasteiger partial charge in [-0.3, -0.25) is 9.59 Å². The summed E-state index contributed by atoms with van der Waals surface area (Å²) in [6.45, 7) is 6.62. The van der Waals surface area contributed by atoms with E-state index in [4.69, 9.17) is 0 Å². The minimum Gasteiger partial charge on any atom is -0.350 e. The first-order chi connectivity index (χ1) is 6.54. The highest BCUT2D eigenvalue weighted by atomic mass is 16.2. The highest BCUT2D eigenvalue weighted by Crippen LogP contribution is 2.14. The second-order valence-corrected chi connectivity index (χ2v) is 4.36. The van der Waals surface area contributed by atoms with E-state index in [0.29, 0.717) is 12.5 Å². The van der Waals surface area contributed by atoms with Crippen LogP contribution in [0.2, 0.25) is 0 Å². The molecule has 1 rings (SSSR count). The summed E-state index contributed by atoms with van der Waals surface area (Å²) in [7, 11) is 0. The summed E-state index contributed by atoms with van der Waals surface area (Å²) in [4.78, 5) is 24.0. The van der Waals surface area contributed by atoms with Gasteiger partial charge in [0.05, 0.1) is 0 Å². The molecule has 1 fully saturated rings. The Bertz CT molecular complexity index is 228. The van der Waals surface area contributed by atoms with Gasteiger partial charge in [-0.05, 0) is 19.3 Å². The smallest absolute Gasteiger partial charge is 0.243 e. The van der Waals surface area contributed by atoms with Crippen molar-refractivity contribution in [1.29, 1.82) is 0 Å². The van der Waals surface area contributed by atoms with E-state index in [0.717, 1.165) is 12.8 Å². The molecule has 4 nitrogen and oxygen atoms in total. The maximum Gasteiger partial charge on any atom is 0.243 e. The molecule has 2 unspecified atom stereocenters. The zero-order valence-corrected chi connectivity index (χ0v) is 8.99. The number of piperazine rings is 1. The highest BCUT2D eigenvalue weighted by Gasteiger charge is 2.31. The molecule has 4 heteroatoms. The van der Waals surface area contributed by atoms with Crippen LogP contribution in [0.4, 0.5) is 0 Å². The van der Waals surface area contributed by atoms with Crippen LogP contribution in [0, 0.1) is 5.92 Å². The maximum absolute atomic E-state index is 11.6. The van der Waals surface area contributed by atoms with E-state index in [9.17, 15) is 9.59 Å². The first kappa shape index (κ1) is 11.0. The van der Waals surface area contributed by atoms with Crippen molar-refractivity contribution in [3.63, 3.8) is 0 Å². The van der Waals surface area contributed by atoms with Gasteiger partial charge in [0.2, 0.25) is 12.3 Å². The molecule has 80 valence electrons. The number of hydrogen-bond acceptors (Lipinski definition) is 2. The van der Waals surface area contributed by atoms with E-state index in [1.54, 1.807) is 4.90 Å². The average molecular weight is 198 g/mol. The van der Waals surface area contributed by atoms with Gasteiger partial charge in [0, 0.05) is 12.6 Å². The standard InChI is InChI=1S/C10H18N2O2/c1-7(2)4-9-10(14)11-8(3)5-12(9)6-13/h6-9H,4-5H2,1-3H3,(H,11,14). The van der Waals surface area contributed by atoms with Gasteiger partial charge in [0.15, 0.2) is 0 Å². The number of carbonyl (C=O) groups excluding carboxylic acids is 2. The summed E-state index contributed by atoms with van der Waals surface area (Å²) < 4.78 is 0. The van der Waals surface area contributed by atoms with Gasteiger partial charge in [-0.25, -0.2) is 0 Å². The molecule has 0 bridgehead atoms. The van der Waals surface area contributed by atoms with Gasteiger partial charge >= 0.3 is 0 Å². The Labute approximate surface area is 84.7 Å². The van der Waals surface area contributed by atoms with Crippen molar-refractivity contribution in [3.8, 4) is 0 Å². The summed E-state index contributed by atoms with van der Waals surface area (Å²) in [6, 6.07) is -0.209. The van der Waals surface area contributed by atoms with E-state index in [1.807, 2.05) is 20.8 Å². The molecule has 0 aliphatic carbocycles. The van der Waals surface area contributed by atoms with Gasteiger partial charge < -0.3 is 10.2 Å². The fourth-order valence-corrected chi connectivity index (χ4v) is 1.78. The second kappa shape index (κ2) is 4.44. The lowest BCUT2D eigenvalue weighted by Gasteiger charge is -2.36. The van der Waals surface area contributed by atoms with Crippen LogP contribution in [0.1, 0.15) is 27.2 Å². The highest BCUT2D eigenvalue weighted by molar-refractivity contribution is 5.84. The molecule has 1 N–H and O–H groups in total. The lowest BCUT2D eigenvalue weighted by Crippen LogP contribution is -2.58. The minimum atomic E-state index is -0.274. The molecule has 1 saturated heterocycles. The summed E-state index contributed by atoms with van der Waals surface area (Å²) in [6.07, 6.45) is 1.51. The molecule has 1 heterocycles. The van der Waals surface area contributed by atoms with Crippen molar-refractivity contribution in [2.45, 2.75) is 39.3 Å². The third-order valence-electron chi connectivity index (χ3n) is 2.41. The van der Waals surface area contributed by atoms with Crippen LogP contribution < -0.4 is 5.32 Å². The van der Waals surface area contributed by atoms with Crippen LogP contribution in [-0.4, -0.2) is 35.8 Å². The number of carbonyl (C=O) groups is 2. The van der Waals surface area contributed by atoms with Crippen molar-refractivity contribution in [2.24, 2.45) is 5.92 Å². The summed E-state index contributed by atoms with van der Waals surface area (Å²) >= 11 is 0. The summed E-state index contributed by atoms with van der Waals surface area (Å²) in [5.74, 6) is 0.395. The Balaban J connectivity index is 2.68. The number of nitrogens with one attached hydrogen (secondary N) is 1. The zero-order valence-electron chi connectivity index (χ0n) is 8.99. The predicted molar refractivity (Wildman–Crippen MR) is 53.6 cm³/mol. The van der Waals surface area contributed by atoms with E-state index in [2.05, 4.69) is 5.32 Å². The first-order valence-corrected chi connectivity index (χ1v) is 5.06. The summed E-state index contributed by atoms with van der Waals surface area (Å²) in [5, 5.41) is 2.86. The maximum atomic E-state index is 11.6. The van der Waals surface area contributed by atoms with Crippen molar-refractivity contribution in [1.82, 2.24) is 10.2 Å². The van der Waals surface area contributed by atoms with Gasteiger partial charge in [-0.15, -0.1) is 0 Å². The van der Waals surface area contributed by atoms with Crippen LogP contribution >= 0.6 is 0 Å². The Morgan fingerprint density at radius 1 is 1.64 bits per heavy atom. The average Bonchev–Trinajstić information content (AvgIpc) is 2.08. The third-order valence-corrected chi connectivity index (χ3v) is 2.41. The van der Waals surface area contributed by atoms with Gasteiger partial charge in [0.25, 0.3) is 0 Å². The van der Waals surface area contributed by atoms with E-state index >= 15 is 0 Å². The number of nitrogens with zero attached hydrogens (tertiary/aromatic N) is 1. The van der Waals surface area contributed by atoms with Crippen molar-refractivity contribution < 1.29 is 9.59 Å². The molecule has 2 atom stereocenters. The van der Waals surface area contributed by atoms with Crippen LogP contribution in [0.5, 0.6) is 0 Å². The number of hydrogen-bond donors (Lipinski definition) is 1. The molecule has 0 aromatic carbocycles. The third kappa shape index (κ3) is 2.47. The van der Waals surface area contributed by atoms with Gasteiger partial charge in [-0.1, -0.05) is 13.8 Å². The predicted octanol–water partition coefficient (Wildman–Crippen LogP) is 0.378. The minimum absolute atomic E-state index is 0.0236. The fraction of sp³-hybridized carbons (Fsp3) is 0.800. The number of amides is 2. The number of rotatable bonds is 3. The lowest BCUT2D eigenvalue weighted by atomic mass is 9.99. The summed E-state index contributed by atoms with van der Waals surface area (Å²) in [5.41, 5.74) is 0. The molecule has 2 amide bonds. The topological polar surface area (TPSA) is 49.4 Å². The molecule has 1 aliphatic heterocycles. The monoisotopic (exact) mass is 198 g/mol. The van der Waals surface area contributed by atoms with Crippen LogP contribution in [0.3, 0.4) is 0 Å². The quantitative estimate of drug-likeness (QED) is 0.666. The van der Waals surface area contributed by atoms with E-state index in [1.165, 1.54) is 0 Å². The molecular formula is C10H18N2O2. The van der Waals surface area contributed by atoms with E-state index in [-0.39, 0.29) is 18.0 Å². The van der Waals surface area contributed by atoms with Crippen molar-refractivity contribution in [2.75, 3.05) is 6.54 Å². The van der Waals surface area contributed by atoms with Crippen molar-refractivity contribution in [3.05, 3.63) is 0 Å². The van der Waals surface area contributed by atoms with Crippen LogP contribution in [-0.2, 0) is 9.59 Å². The van der Waals surface area contributed by atoms with Gasteiger partial charge in [-0.2, -0.15) is 0 Å². The Morgan fingerprint density at radius 2 is 2.29 bits per heavy atom. The van der Waals surface area contributed by atoms with Crippen LogP contribution in [0.25, 0.3) is 0 Å². The van der Waals surface area contributed by atoms with Crippen LogP contribution in [0.15, 0.2) is 0 Å². The zero-order chi connectivity index (χ0) is 10.7. The van der Waals surface area contributed by atoms with Gasteiger partial charge in [0.1, 0.15) is 6.04 Å². The second-order valence-electron chi connectivity index (χ2n) is 4.36. The molecule has 0 saturated carbocycles. The molecule has 14 heavy (non-hydrogen) atoms.